The quantitative estimate of drug-likeness (QED) is 0.839. The molecule has 0 amide bonds. The molecule has 1 fully saturated rings. The van der Waals surface area contributed by atoms with Crippen LogP contribution in [0.25, 0.3) is 0 Å². The van der Waals surface area contributed by atoms with Crippen molar-refractivity contribution in [2.24, 2.45) is 5.92 Å². The molecule has 2 atom stereocenters. The number of carbonyl (C=O) groups excluding carboxylic acids is 1. The van der Waals surface area contributed by atoms with Crippen molar-refractivity contribution >= 4 is 15.6 Å². The average Bonchev–Trinajstić information content (AvgIpc) is 2.47. The topological polar surface area (TPSA) is 51.2 Å². The highest BCUT2D eigenvalue weighted by Gasteiger charge is 2.30. The Morgan fingerprint density at radius 3 is 2.55 bits per heavy atom. The molecule has 1 aromatic carbocycles. The van der Waals surface area contributed by atoms with E-state index in [4.69, 9.17) is 0 Å². The molecule has 1 aliphatic carbocycles. The molecule has 0 N–H and O–H groups in total. The van der Waals surface area contributed by atoms with Gasteiger partial charge in [-0.1, -0.05) is 37.3 Å². The van der Waals surface area contributed by atoms with E-state index in [9.17, 15) is 13.2 Å². The van der Waals surface area contributed by atoms with Crippen molar-refractivity contribution in [1.82, 2.24) is 0 Å². The van der Waals surface area contributed by atoms with Crippen LogP contribution in [-0.4, -0.2) is 25.7 Å². The number of rotatable bonds is 5. The van der Waals surface area contributed by atoms with Gasteiger partial charge in [0.1, 0.15) is 15.6 Å². The van der Waals surface area contributed by atoms with Gasteiger partial charge < -0.3 is 0 Å². The second kappa shape index (κ2) is 6.53. The zero-order chi connectivity index (χ0) is 14.6. The van der Waals surface area contributed by atoms with Crippen LogP contribution in [0, 0.1) is 5.92 Å². The predicted octanol–water partition coefficient (Wildman–Crippen LogP) is 2.96. The fourth-order valence-electron chi connectivity index (χ4n) is 2.89. The van der Waals surface area contributed by atoms with Crippen LogP contribution in [0.1, 0.15) is 44.1 Å². The standard InChI is InChI=1S/C16H22O3S/c1-2-20(18,19)11-10-15-12-14(8-9-16(15)17)13-6-4-3-5-7-13/h3-7,14-15H,2,8-12H2,1H3. The first kappa shape index (κ1) is 15.2. The summed E-state index contributed by atoms with van der Waals surface area (Å²) in [6.45, 7) is 1.66. The zero-order valence-corrected chi connectivity index (χ0v) is 12.7. The molecule has 20 heavy (non-hydrogen) atoms. The summed E-state index contributed by atoms with van der Waals surface area (Å²) in [7, 11) is -2.98. The van der Waals surface area contributed by atoms with Crippen LogP contribution in [0.15, 0.2) is 30.3 Å². The molecular weight excluding hydrogens is 272 g/mol. The Bertz CT molecular complexity index is 548. The van der Waals surface area contributed by atoms with Crippen LogP contribution >= 0.6 is 0 Å². The smallest absolute Gasteiger partial charge is 0.150 e. The maximum Gasteiger partial charge on any atom is 0.150 e. The highest BCUT2D eigenvalue weighted by atomic mass is 32.2. The SMILES string of the molecule is CCS(=O)(=O)CCC1CC(c2ccccc2)CCC1=O. The maximum atomic E-state index is 12.0. The van der Waals surface area contributed by atoms with Crippen LogP contribution in [0.3, 0.4) is 0 Å². The van der Waals surface area contributed by atoms with Gasteiger partial charge in [0.15, 0.2) is 0 Å². The molecule has 0 aromatic heterocycles. The summed E-state index contributed by atoms with van der Waals surface area (Å²) in [6.07, 6.45) is 2.75. The molecule has 1 aliphatic rings. The molecule has 110 valence electrons. The molecule has 0 saturated heterocycles. The van der Waals surface area contributed by atoms with Gasteiger partial charge in [0.25, 0.3) is 0 Å². The Balaban J connectivity index is 2.00. The maximum absolute atomic E-state index is 12.0. The number of carbonyl (C=O) groups is 1. The summed E-state index contributed by atoms with van der Waals surface area (Å²) in [4.78, 5) is 12.0. The number of hydrogen-bond donors (Lipinski definition) is 0. The molecule has 3 nitrogen and oxygen atoms in total. The number of sulfone groups is 1. The minimum atomic E-state index is -2.98. The fourth-order valence-corrected chi connectivity index (χ4v) is 3.82. The van der Waals surface area contributed by atoms with Crippen LogP contribution in [0.5, 0.6) is 0 Å². The second-order valence-corrected chi connectivity index (χ2v) is 8.04. The van der Waals surface area contributed by atoms with Crippen molar-refractivity contribution in [3.05, 3.63) is 35.9 Å². The number of Topliss-reactive ketones (excluding diaryl/α,β-unsaturated/α-hetero) is 1. The lowest BCUT2D eigenvalue weighted by molar-refractivity contribution is -0.124. The molecule has 2 unspecified atom stereocenters. The lowest BCUT2D eigenvalue weighted by atomic mass is 9.76. The Labute approximate surface area is 121 Å². The van der Waals surface area contributed by atoms with E-state index < -0.39 is 9.84 Å². The fraction of sp³-hybridized carbons (Fsp3) is 0.562. The first-order valence-corrected chi connectivity index (χ1v) is 9.12. The van der Waals surface area contributed by atoms with Gasteiger partial charge in [-0.2, -0.15) is 0 Å². The zero-order valence-electron chi connectivity index (χ0n) is 11.9. The van der Waals surface area contributed by atoms with Crippen LogP contribution in [0.2, 0.25) is 0 Å². The molecule has 1 aromatic rings. The summed E-state index contributed by atoms with van der Waals surface area (Å²) in [5, 5.41) is 0. The third kappa shape index (κ3) is 3.92. The molecule has 1 saturated carbocycles. The van der Waals surface area contributed by atoms with E-state index in [1.54, 1.807) is 6.92 Å². The van der Waals surface area contributed by atoms with Crippen molar-refractivity contribution in [2.75, 3.05) is 11.5 Å². The predicted molar refractivity (Wildman–Crippen MR) is 80.5 cm³/mol. The minimum absolute atomic E-state index is 0.0877. The normalized spacial score (nSPS) is 23.8. The summed E-state index contributed by atoms with van der Waals surface area (Å²) >= 11 is 0. The number of benzene rings is 1. The Morgan fingerprint density at radius 1 is 1.20 bits per heavy atom. The van der Waals surface area contributed by atoms with Crippen LogP contribution in [-0.2, 0) is 14.6 Å². The molecule has 0 bridgehead atoms. The van der Waals surface area contributed by atoms with Crippen molar-refractivity contribution in [2.45, 2.75) is 38.5 Å². The van der Waals surface area contributed by atoms with Crippen LogP contribution < -0.4 is 0 Å². The van der Waals surface area contributed by atoms with Gasteiger partial charge in [0.2, 0.25) is 0 Å². The third-order valence-corrected chi connectivity index (χ3v) is 5.99. The Morgan fingerprint density at radius 2 is 1.90 bits per heavy atom. The van der Waals surface area contributed by atoms with Crippen molar-refractivity contribution in [3.8, 4) is 0 Å². The van der Waals surface area contributed by atoms with E-state index in [2.05, 4.69) is 12.1 Å². The largest absolute Gasteiger partial charge is 0.299 e. The van der Waals surface area contributed by atoms with Crippen molar-refractivity contribution in [3.63, 3.8) is 0 Å². The summed E-state index contributed by atoms with van der Waals surface area (Å²) in [5.41, 5.74) is 1.27. The first-order valence-electron chi connectivity index (χ1n) is 7.30. The average molecular weight is 294 g/mol. The number of ketones is 1. The van der Waals surface area contributed by atoms with E-state index in [-0.39, 0.29) is 23.2 Å². The summed E-state index contributed by atoms with van der Waals surface area (Å²) < 4.78 is 23.2. The summed E-state index contributed by atoms with van der Waals surface area (Å²) in [6, 6.07) is 10.2. The first-order chi connectivity index (χ1) is 9.52. The third-order valence-electron chi connectivity index (χ3n) is 4.25. The van der Waals surface area contributed by atoms with Gasteiger partial charge in [-0.25, -0.2) is 8.42 Å². The van der Waals surface area contributed by atoms with Crippen molar-refractivity contribution < 1.29 is 13.2 Å². The second-order valence-electron chi connectivity index (χ2n) is 5.57. The van der Waals surface area contributed by atoms with Crippen molar-refractivity contribution in [1.29, 1.82) is 0 Å². The molecule has 0 spiro atoms. The van der Waals surface area contributed by atoms with E-state index in [0.29, 0.717) is 18.8 Å². The molecular formula is C16H22O3S. The van der Waals surface area contributed by atoms with Crippen LogP contribution in [0.4, 0.5) is 0 Å². The van der Waals surface area contributed by atoms with Gasteiger partial charge in [-0.3, -0.25) is 4.79 Å². The molecule has 0 radical (unpaired) electrons. The van der Waals surface area contributed by atoms with Gasteiger partial charge >= 0.3 is 0 Å². The monoisotopic (exact) mass is 294 g/mol. The van der Waals surface area contributed by atoms with Gasteiger partial charge in [-0.15, -0.1) is 0 Å². The molecule has 2 rings (SSSR count). The van der Waals surface area contributed by atoms with E-state index in [1.807, 2.05) is 18.2 Å². The molecule has 0 heterocycles. The minimum Gasteiger partial charge on any atom is -0.299 e. The Hall–Kier alpha value is -1.16. The van der Waals surface area contributed by atoms with E-state index >= 15 is 0 Å². The highest BCUT2D eigenvalue weighted by Crippen LogP contribution is 2.35. The Kier molecular flexibility index (Phi) is 4.97. The van der Waals surface area contributed by atoms with Gasteiger partial charge in [0.05, 0.1) is 5.75 Å². The molecule has 0 aliphatic heterocycles. The van der Waals surface area contributed by atoms with Gasteiger partial charge in [-0.05, 0) is 30.7 Å². The molecule has 4 heteroatoms. The highest BCUT2D eigenvalue weighted by molar-refractivity contribution is 7.91. The summed E-state index contributed by atoms with van der Waals surface area (Å²) in [5.74, 6) is 0.847. The van der Waals surface area contributed by atoms with E-state index in [0.717, 1.165) is 12.8 Å². The van der Waals surface area contributed by atoms with Gasteiger partial charge in [0, 0.05) is 18.1 Å². The van der Waals surface area contributed by atoms with E-state index in [1.165, 1.54) is 5.56 Å². The number of hydrogen-bond acceptors (Lipinski definition) is 3. The lowest BCUT2D eigenvalue weighted by Crippen LogP contribution is -2.26. The lowest BCUT2D eigenvalue weighted by Gasteiger charge is -2.28.